The minimum absolute atomic E-state index is 0.224. The molecule has 3 N–H and O–H groups in total. The van der Waals surface area contributed by atoms with E-state index in [1.807, 2.05) is 18.2 Å². The number of H-pyrrole nitrogens is 1. The van der Waals surface area contributed by atoms with Gasteiger partial charge in [0, 0.05) is 11.6 Å². The van der Waals surface area contributed by atoms with Crippen molar-refractivity contribution in [1.29, 1.82) is 0 Å². The fourth-order valence-electron chi connectivity index (χ4n) is 2.57. The summed E-state index contributed by atoms with van der Waals surface area (Å²) < 4.78 is 0. The summed E-state index contributed by atoms with van der Waals surface area (Å²) in [7, 11) is 0. The van der Waals surface area contributed by atoms with Gasteiger partial charge in [-0.2, -0.15) is 10.2 Å². The number of nitrogens with two attached hydrogens (primary N) is 1. The van der Waals surface area contributed by atoms with Crippen LogP contribution in [0, 0.1) is 0 Å². The monoisotopic (exact) mass is 254 g/mol. The van der Waals surface area contributed by atoms with Gasteiger partial charge in [-0.3, -0.25) is 4.79 Å². The van der Waals surface area contributed by atoms with Gasteiger partial charge >= 0.3 is 0 Å². The molecule has 96 valence electrons. The summed E-state index contributed by atoms with van der Waals surface area (Å²) in [4.78, 5) is 11.3. The van der Waals surface area contributed by atoms with Crippen LogP contribution >= 0.6 is 0 Å². The Morgan fingerprint density at radius 1 is 1.26 bits per heavy atom. The molecule has 3 rings (SSSR count). The molecule has 1 aromatic carbocycles. The smallest absolute Gasteiger partial charge is 0.264 e. The molecule has 1 atom stereocenters. The van der Waals surface area contributed by atoms with Gasteiger partial charge in [-0.05, 0) is 24.3 Å². The van der Waals surface area contributed by atoms with Crippen molar-refractivity contribution in [3.8, 4) is 0 Å². The predicted molar refractivity (Wildman–Crippen MR) is 73.1 cm³/mol. The van der Waals surface area contributed by atoms with Crippen molar-refractivity contribution in [3.05, 3.63) is 63.6 Å². The molecule has 0 fully saturated rings. The van der Waals surface area contributed by atoms with Gasteiger partial charge in [0.15, 0.2) is 0 Å². The minimum atomic E-state index is -0.224. The van der Waals surface area contributed by atoms with Crippen molar-refractivity contribution >= 4 is 5.71 Å². The van der Waals surface area contributed by atoms with Crippen molar-refractivity contribution in [2.45, 2.75) is 18.8 Å². The Morgan fingerprint density at radius 3 is 2.79 bits per heavy atom. The second kappa shape index (κ2) is 4.68. The van der Waals surface area contributed by atoms with Crippen LogP contribution < -0.4 is 11.4 Å². The summed E-state index contributed by atoms with van der Waals surface area (Å²) in [5.41, 5.74) is 3.39. The fourth-order valence-corrected chi connectivity index (χ4v) is 2.57. The Bertz CT molecular complexity index is 675. The molecule has 0 radical (unpaired) electrons. The van der Waals surface area contributed by atoms with E-state index >= 15 is 0 Å². The fraction of sp³-hybridized carbons (Fsp3) is 0.214. The molecule has 1 aromatic heterocycles. The normalized spacial score (nSPS) is 20.2. The number of aromatic amines is 1. The average molecular weight is 254 g/mol. The van der Waals surface area contributed by atoms with Crippen LogP contribution in [-0.2, 0) is 6.42 Å². The van der Waals surface area contributed by atoms with Gasteiger partial charge in [0.05, 0.1) is 11.4 Å². The predicted octanol–water partition coefficient (Wildman–Crippen LogP) is 1.16. The molecule has 1 aliphatic rings. The highest BCUT2D eigenvalue weighted by Gasteiger charge is 2.26. The molecule has 0 saturated carbocycles. The molecule has 19 heavy (non-hydrogen) atoms. The number of benzene rings is 1. The molecule has 5 nitrogen and oxygen atoms in total. The maximum absolute atomic E-state index is 11.3. The van der Waals surface area contributed by atoms with Crippen LogP contribution in [0.2, 0.25) is 0 Å². The topological polar surface area (TPSA) is 84.1 Å². The highest BCUT2D eigenvalue weighted by Crippen LogP contribution is 2.30. The summed E-state index contributed by atoms with van der Waals surface area (Å²) in [6.45, 7) is 0. The van der Waals surface area contributed by atoms with Crippen LogP contribution in [0.5, 0.6) is 0 Å². The lowest BCUT2D eigenvalue weighted by atomic mass is 9.81. The minimum Gasteiger partial charge on any atom is -0.323 e. The van der Waals surface area contributed by atoms with Crippen LogP contribution in [0.25, 0.3) is 0 Å². The van der Waals surface area contributed by atoms with Crippen LogP contribution in [0.4, 0.5) is 0 Å². The Balaban J connectivity index is 2.04. The number of hydrogen-bond acceptors (Lipinski definition) is 4. The molecule has 1 aliphatic carbocycles. The third-order valence-corrected chi connectivity index (χ3v) is 3.50. The maximum atomic E-state index is 11.3. The molecular formula is C14H14N4O. The van der Waals surface area contributed by atoms with Crippen LogP contribution in [0.3, 0.4) is 0 Å². The zero-order valence-corrected chi connectivity index (χ0v) is 10.3. The average Bonchev–Trinajstić information content (AvgIpc) is 2.47. The molecule has 0 amide bonds. The third-order valence-electron chi connectivity index (χ3n) is 3.50. The van der Waals surface area contributed by atoms with E-state index in [0.717, 1.165) is 29.8 Å². The summed E-state index contributed by atoms with van der Waals surface area (Å²) in [5.74, 6) is 5.76. The number of nitrogens with zero attached hydrogens (tertiary/aromatic N) is 2. The lowest BCUT2D eigenvalue weighted by Crippen LogP contribution is -2.25. The van der Waals surface area contributed by atoms with Gasteiger partial charge in [0.25, 0.3) is 5.56 Å². The van der Waals surface area contributed by atoms with Crippen LogP contribution in [-0.4, -0.2) is 15.9 Å². The zero-order chi connectivity index (χ0) is 13.2. The highest BCUT2D eigenvalue weighted by molar-refractivity contribution is 6.02. The number of hydrazone groups is 1. The quantitative estimate of drug-likeness (QED) is 0.591. The molecule has 1 heterocycles. The van der Waals surface area contributed by atoms with E-state index in [4.69, 9.17) is 5.84 Å². The molecule has 0 saturated heterocycles. The first-order valence-electron chi connectivity index (χ1n) is 6.18. The number of fused-ring (bicyclic) bond motifs is 1. The first kappa shape index (κ1) is 11.6. The lowest BCUT2D eigenvalue weighted by molar-refractivity contribution is 0.665. The largest absolute Gasteiger partial charge is 0.323 e. The number of nitrogens with one attached hydrogen (secondary N) is 1. The third kappa shape index (κ3) is 2.14. The van der Waals surface area contributed by atoms with Crippen molar-refractivity contribution in [2.75, 3.05) is 0 Å². The van der Waals surface area contributed by atoms with Gasteiger partial charge in [0.2, 0.25) is 0 Å². The van der Waals surface area contributed by atoms with E-state index in [0.29, 0.717) is 5.92 Å². The van der Waals surface area contributed by atoms with Crippen LogP contribution in [0.1, 0.15) is 29.2 Å². The maximum Gasteiger partial charge on any atom is 0.264 e. The van der Waals surface area contributed by atoms with Crippen molar-refractivity contribution in [1.82, 2.24) is 10.2 Å². The molecular weight excluding hydrogens is 240 g/mol. The Kier molecular flexibility index (Phi) is 2.87. The number of hydrogen-bond donors (Lipinski definition) is 2. The molecule has 0 aliphatic heterocycles. The second-order valence-corrected chi connectivity index (χ2v) is 4.68. The molecule has 0 spiro atoms. The number of aromatic nitrogens is 2. The second-order valence-electron chi connectivity index (χ2n) is 4.68. The molecule has 2 aromatic rings. The van der Waals surface area contributed by atoms with Crippen LogP contribution in [0.15, 0.2) is 46.3 Å². The van der Waals surface area contributed by atoms with Gasteiger partial charge in [-0.1, -0.05) is 30.3 Å². The van der Waals surface area contributed by atoms with E-state index in [-0.39, 0.29) is 5.56 Å². The van der Waals surface area contributed by atoms with E-state index in [1.165, 1.54) is 11.6 Å². The molecule has 0 bridgehead atoms. The van der Waals surface area contributed by atoms with E-state index in [1.54, 1.807) is 0 Å². The summed E-state index contributed by atoms with van der Waals surface area (Å²) >= 11 is 0. The van der Waals surface area contributed by atoms with Gasteiger partial charge in [0.1, 0.15) is 0 Å². The highest BCUT2D eigenvalue weighted by atomic mass is 16.1. The van der Waals surface area contributed by atoms with Gasteiger partial charge < -0.3 is 5.84 Å². The van der Waals surface area contributed by atoms with E-state index in [9.17, 15) is 4.79 Å². The summed E-state index contributed by atoms with van der Waals surface area (Å²) in [6, 6.07) is 11.7. The SMILES string of the molecule is N/N=C1/C[C@@H](c2ccccc2)Cc2n[nH]c(=O)cc21. The van der Waals surface area contributed by atoms with Gasteiger partial charge in [-0.25, -0.2) is 5.10 Å². The first-order chi connectivity index (χ1) is 9.28. The Labute approximate surface area is 110 Å². The van der Waals surface area contributed by atoms with E-state index < -0.39 is 0 Å². The molecule has 5 heteroatoms. The Hall–Kier alpha value is -2.43. The lowest BCUT2D eigenvalue weighted by Gasteiger charge is -2.24. The Morgan fingerprint density at radius 2 is 2.05 bits per heavy atom. The standard InChI is InChI=1S/C14H14N4O/c15-16-12-6-10(9-4-2-1-3-5-9)7-13-11(12)8-14(19)18-17-13/h1-5,8,10H,6-7,15H2,(H,18,19)/b16-12-/t10-/m1/s1. The van der Waals surface area contributed by atoms with Crippen molar-refractivity contribution in [3.63, 3.8) is 0 Å². The van der Waals surface area contributed by atoms with Gasteiger partial charge in [-0.15, -0.1) is 0 Å². The zero-order valence-electron chi connectivity index (χ0n) is 10.3. The van der Waals surface area contributed by atoms with E-state index in [2.05, 4.69) is 27.4 Å². The molecule has 0 unspecified atom stereocenters. The van der Waals surface area contributed by atoms with Crippen molar-refractivity contribution < 1.29 is 0 Å². The summed E-state index contributed by atoms with van der Waals surface area (Å²) in [5, 5.41) is 10.4. The summed E-state index contributed by atoms with van der Waals surface area (Å²) in [6.07, 6.45) is 1.52. The number of rotatable bonds is 1. The van der Waals surface area contributed by atoms with Crippen molar-refractivity contribution in [2.24, 2.45) is 10.9 Å². The first-order valence-corrected chi connectivity index (χ1v) is 6.18.